The lowest BCUT2D eigenvalue weighted by atomic mass is 10.0. The highest BCUT2D eigenvalue weighted by molar-refractivity contribution is 7.16. The quantitative estimate of drug-likeness (QED) is 0.299. The molecule has 1 aliphatic heterocycles. The molecule has 4 aromatic rings. The first-order valence-electron chi connectivity index (χ1n) is 11.4. The molecule has 0 aliphatic carbocycles. The number of hydrogen-bond donors (Lipinski definition) is 1. The van der Waals surface area contributed by atoms with Crippen molar-refractivity contribution in [3.8, 4) is 22.6 Å². The maximum atomic E-state index is 13.3. The van der Waals surface area contributed by atoms with Crippen molar-refractivity contribution in [1.82, 2.24) is 19.9 Å². The number of carbonyl (C=O) groups is 2. The van der Waals surface area contributed by atoms with Crippen LogP contribution in [0.4, 0.5) is 5.13 Å². The zero-order valence-corrected chi connectivity index (χ0v) is 22.9. The summed E-state index contributed by atoms with van der Waals surface area (Å²) in [4.78, 5) is 41.8. The number of pyridine rings is 2. The summed E-state index contributed by atoms with van der Waals surface area (Å²) in [6.45, 7) is 2.51. The lowest BCUT2D eigenvalue weighted by molar-refractivity contribution is 0.0751. The van der Waals surface area contributed by atoms with Crippen LogP contribution >= 0.6 is 34.5 Å². The van der Waals surface area contributed by atoms with E-state index >= 15 is 0 Å². The van der Waals surface area contributed by atoms with Gasteiger partial charge in [-0.15, -0.1) is 0 Å². The van der Waals surface area contributed by atoms with Gasteiger partial charge in [0.2, 0.25) is 0 Å². The highest BCUT2D eigenvalue weighted by atomic mass is 35.5. The summed E-state index contributed by atoms with van der Waals surface area (Å²) >= 11 is 13.7. The van der Waals surface area contributed by atoms with Crippen molar-refractivity contribution in [2.24, 2.45) is 0 Å². The van der Waals surface area contributed by atoms with E-state index in [0.29, 0.717) is 57.0 Å². The van der Waals surface area contributed by atoms with E-state index in [1.807, 2.05) is 6.92 Å². The topological polar surface area (TPSA) is 107 Å². The second kappa shape index (κ2) is 10.6. The lowest BCUT2D eigenvalue weighted by Gasteiger charge is -2.16. The first kappa shape index (κ1) is 25.9. The molecule has 2 amide bonds. The number of ether oxygens (including phenoxy) is 2. The van der Waals surface area contributed by atoms with E-state index in [1.54, 1.807) is 35.2 Å². The molecule has 1 aromatic carbocycles. The van der Waals surface area contributed by atoms with Gasteiger partial charge in [0.15, 0.2) is 5.13 Å². The summed E-state index contributed by atoms with van der Waals surface area (Å²) in [6, 6.07) is 8.38. The van der Waals surface area contributed by atoms with Crippen molar-refractivity contribution in [3.63, 3.8) is 0 Å². The van der Waals surface area contributed by atoms with Crippen molar-refractivity contribution in [3.05, 3.63) is 80.3 Å². The van der Waals surface area contributed by atoms with Crippen molar-refractivity contribution >= 4 is 51.5 Å². The summed E-state index contributed by atoms with van der Waals surface area (Å²) in [6.07, 6.45) is 3.01. The molecule has 0 bridgehead atoms. The SMILES string of the molecule is COc1ccc(C(=O)N2Cc3nc(NC(=O)c4cnc(C)cc4-c4cc(Cl)ncc4OC)sc3C2)c(Cl)c1. The molecule has 0 atom stereocenters. The molecule has 0 radical (unpaired) electrons. The van der Waals surface area contributed by atoms with Gasteiger partial charge in [-0.05, 0) is 37.3 Å². The zero-order chi connectivity index (χ0) is 27.0. The molecule has 38 heavy (non-hydrogen) atoms. The molecule has 12 heteroatoms. The van der Waals surface area contributed by atoms with E-state index in [2.05, 4.69) is 20.3 Å². The second-order valence-electron chi connectivity index (χ2n) is 8.43. The van der Waals surface area contributed by atoms with E-state index in [9.17, 15) is 9.59 Å². The van der Waals surface area contributed by atoms with Gasteiger partial charge in [-0.1, -0.05) is 34.5 Å². The maximum Gasteiger partial charge on any atom is 0.259 e. The molecule has 0 saturated heterocycles. The van der Waals surface area contributed by atoms with Gasteiger partial charge in [0.05, 0.1) is 60.2 Å². The Morgan fingerprint density at radius 3 is 2.53 bits per heavy atom. The molecule has 5 rings (SSSR count). The fraction of sp³-hybridized carbons (Fsp3) is 0.192. The van der Waals surface area contributed by atoms with Crippen LogP contribution in [0.2, 0.25) is 10.2 Å². The van der Waals surface area contributed by atoms with Gasteiger partial charge in [0.25, 0.3) is 11.8 Å². The normalized spacial score (nSPS) is 12.3. The first-order valence-corrected chi connectivity index (χ1v) is 12.9. The molecule has 0 unspecified atom stereocenters. The first-order chi connectivity index (χ1) is 18.3. The number of aromatic nitrogens is 3. The van der Waals surface area contributed by atoms with Crippen molar-refractivity contribution in [2.75, 3.05) is 19.5 Å². The average Bonchev–Trinajstić information content (AvgIpc) is 3.47. The van der Waals surface area contributed by atoms with Gasteiger partial charge in [-0.25, -0.2) is 9.97 Å². The molecular weight excluding hydrogens is 549 g/mol. The zero-order valence-electron chi connectivity index (χ0n) is 20.5. The molecular formula is C26H21Cl2N5O4S. The van der Waals surface area contributed by atoms with Crippen LogP contribution in [0, 0.1) is 6.92 Å². The number of halogens is 2. The number of carbonyl (C=O) groups excluding carboxylic acids is 2. The number of fused-ring (bicyclic) bond motifs is 1. The smallest absolute Gasteiger partial charge is 0.259 e. The molecule has 1 N–H and O–H groups in total. The van der Waals surface area contributed by atoms with E-state index < -0.39 is 0 Å². The van der Waals surface area contributed by atoms with Gasteiger partial charge >= 0.3 is 0 Å². The van der Waals surface area contributed by atoms with Crippen LogP contribution in [-0.4, -0.2) is 45.9 Å². The molecule has 0 spiro atoms. The number of amides is 2. The Balaban J connectivity index is 1.34. The number of methoxy groups -OCH3 is 2. The minimum atomic E-state index is -0.382. The summed E-state index contributed by atoms with van der Waals surface area (Å²) < 4.78 is 10.6. The number of nitrogens with zero attached hydrogens (tertiary/aromatic N) is 4. The van der Waals surface area contributed by atoms with Crippen LogP contribution in [0.25, 0.3) is 11.1 Å². The second-order valence-corrected chi connectivity index (χ2v) is 10.3. The summed E-state index contributed by atoms with van der Waals surface area (Å²) in [5, 5.41) is 3.89. The van der Waals surface area contributed by atoms with Crippen LogP contribution in [-0.2, 0) is 13.1 Å². The molecule has 194 valence electrons. The molecule has 0 saturated carbocycles. The summed E-state index contributed by atoms with van der Waals surface area (Å²) in [5.41, 5.74) is 3.40. The standard InChI is InChI=1S/C26H21Cl2N5O4S/c1-13-6-16(17-8-23(28)30-10-21(17)37-3)18(9-29-13)24(34)32-26-31-20-11-33(12-22(20)38-26)25(35)15-5-4-14(36-2)7-19(15)27/h4-10H,11-12H2,1-3H3,(H,31,32,34). The number of anilines is 1. The Morgan fingerprint density at radius 2 is 1.82 bits per heavy atom. The number of thiazole rings is 1. The van der Waals surface area contributed by atoms with Crippen molar-refractivity contribution < 1.29 is 19.1 Å². The largest absolute Gasteiger partial charge is 0.497 e. The Bertz CT molecular complexity index is 1550. The third kappa shape index (κ3) is 5.02. The van der Waals surface area contributed by atoms with E-state index in [4.69, 9.17) is 32.7 Å². The lowest BCUT2D eigenvalue weighted by Crippen LogP contribution is -2.26. The number of aryl methyl sites for hydroxylation is 1. The third-order valence-electron chi connectivity index (χ3n) is 6.00. The van der Waals surface area contributed by atoms with Gasteiger partial charge in [-0.3, -0.25) is 19.9 Å². The average molecular weight is 570 g/mol. The Kier molecular flexibility index (Phi) is 7.20. The van der Waals surface area contributed by atoms with E-state index in [0.717, 1.165) is 16.3 Å². The fourth-order valence-electron chi connectivity index (χ4n) is 4.12. The molecule has 9 nitrogen and oxygen atoms in total. The predicted molar refractivity (Wildman–Crippen MR) is 145 cm³/mol. The highest BCUT2D eigenvalue weighted by Gasteiger charge is 2.30. The number of rotatable bonds is 6. The van der Waals surface area contributed by atoms with E-state index in [1.165, 1.54) is 38.0 Å². The molecule has 1 aliphatic rings. The highest BCUT2D eigenvalue weighted by Crippen LogP contribution is 2.36. The van der Waals surface area contributed by atoms with Crippen LogP contribution < -0.4 is 14.8 Å². The molecule has 3 aromatic heterocycles. The van der Waals surface area contributed by atoms with Gasteiger partial charge in [0.1, 0.15) is 16.7 Å². The minimum Gasteiger partial charge on any atom is -0.497 e. The van der Waals surface area contributed by atoms with Crippen LogP contribution in [0.15, 0.2) is 42.7 Å². The molecule has 4 heterocycles. The van der Waals surface area contributed by atoms with Crippen molar-refractivity contribution in [1.29, 1.82) is 0 Å². The summed E-state index contributed by atoms with van der Waals surface area (Å²) in [7, 11) is 3.06. The van der Waals surface area contributed by atoms with Crippen molar-refractivity contribution in [2.45, 2.75) is 20.0 Å². The Hall–Kier alpha value is -3.73. The molecule has 0 fully saturated rings. The Morgan fingerprint density at radius 1 is 1.00 bits per heavy atom. The van der Waals surface area contributed by atoms with Gasteiger partial charge in [0, 0.05) is 23.0 Å². The van der Waals surface area contributed by atoms with Gasteiger partial charge in [-0.2, -0.15) is 0 Å². The van der Waals surface area contributed by atoms with E-state index in [-0.39, 0.29) is 17.0 Å². The predicted octanol–water partition coefficient (Wildman–Crippen LogP) is 5.64. The van der Waals surface area contributed by atoms with Crippen LogP contribution in [0.5, 0.6) is 11.5 Å². The van der Waals surface area contributed by atoms with Crippen LogP contribution in [0.1, 0.15) is 37.0 Å². The van der Waals surface area contributed by atoms with Crippen LogP contribution in [0.3, 0.4) is 0 Å². The third-order valence-corrected chi connectivity index (χ3v) is 7.51. The summed E-state index contributed by atoms with van der Waals surface area (Å²) in [5.74, 6) is 0.470. The number of hydrogen-bond acceptors (Lipinski definition) is 8. The fourth-order valence-corrected chi connectivity index (χ4v) is 5.51. The minimum absolute atomic E-state index is 0.200. The monoisotopic (exact) mass is 569 g/mol. The Labute approximate surface area is 232 Å². The number of nitrogens with one attached hydrogen (secondary N) is 1. The maximum absolute atomic E-state index is 13.3. The van der Waals surface area contributed by atoms with Gasteiger partial charge < -0.3 is 14.4 Å². The number of benzene rings is 1.